The molecule has 1 saturated heterocycles. The molecular formula is C12H18N2O3S. The predicted octanol–water partition coefficient (Wildman–Crippen LogP) is 0.556. The average molecular weight is 270 g/mol. The van der Waals surface area contributed by atoms with E-state index in [1.54, 1.807) is 31.2 Å². The molecule has 1 aliphatic heterocycles. The van der Waals surface area contributed by atoms with Crippen LogP contribution in [-0.4, -0.2) is 39.3 Å². The lowest BCUT2D eigenvalue weighted by Crippen LogP contribution is -2.24. The Kier molecular flexibility index (Phi) is 3.89. The summed E-state index contributed by atoms with van der Waals surface area (Å²) in [7, 11) is -3.38. The van der Waals surface area contributed by atoms with E-state index in [1.165, 1.54) is 0 Å². The molecule has 2 rings (SSSR count). The molecule has 0 bridgehead atoms. The van der Waals surface area contributed by atoms with Gasteiger partial charge in [-0.3, -0.25) is 0 Å². The molecule has 100 valence electrons. The second-order valence-corrected chi connectivity index (χ2v) is 6.15. The maximum absolute atomic E-state index is 11.8. The molecular weight excluding hydrogens is 252 g/mol. The van der Waals surface area contributed by atoms with Crippen LogP contribution in [0.5, 0.6) is 0 Å². The summed E-state index contributed by atoms with van der Waals surface area (Å²) in [4.78, 5) is 2.32. The Labute approximate surface area is 107 Å². The zero-order chi connectivity index (χ0) is 13.2. The predicted molar refractivity (Wildman–Crippen MR) is 70.1 cm³/mol. The van der Waals surface area contributed by atoms with E-state index >= 15 is 0 Å². The van der Waals surface area contributed by atoms with Gasteiger partial charge >= 0.3 is 0 Å². The van der Waals surface area contributed by atoms with Crippen molar-refractivity contribution in [1.82, 2.24) is 4.72 Å². The van der Waals surface area contributed by atoms with E-state index in [2.05, 4.69) is 4.72 Å². The lowest BCUT2D eigenvalue weighted by atomic mass is 10.3. The van der Waals surface area contributed by atoms with Crippen LogP contribution >= 0.6 is 0 Å². The van der Waals surface area contributed by atoms with Crippen molar-refractivity contribution in [2.75, 3.05) is 24.5 Å². The molecule has 6 heteroatoms. The third-order valence-corrected chi connectivity index (χ3v) is 4.57. The number of β-amino-alcohol motifs (C(OH)–C–C–N with tert-alkyl or cyclic N) is 1. The normalized spacial score (nSPS) is 20.3. The highest BCUT2D eigenvalue weighted by Gasteiger charge is 2.21. The first-order valence-electron chi connectivity index (χ1n) is 6.05. The van der Waals surface area contributed by atoms with Crippen LogP contribution in [0.25, 0.3) is 0 Å². The topological polar surface area (TPSA) is 69.6 Å². The van der Waals surface area contributed by atoms with E-state index in [0.717, 1.165) is 18.7 Å². The minimum atomic E-state index is -3.38. The molecule has 0 spiro atoms. The molecule has 18 heavy (non-hydrogen) atoms. The number of hydrogen-bond acceptors (Lipinski definition) is 4. The Morgan fingerprint density at radius 1 is 1.39 bits per heavy atom. The summed E-state index contributed by atoms with van der Waals surface area (Å²) >= 11 is 0. The monoisotopic (exact) mass is 270 g/mol. The second kappa shape index (κ2) is 5.26. The number of hydrogen-bond donors (Lipinski definition) is 2. The summed E-state index contributed by atoms with van der Waals surface area (Å²) in [5, 5.41) is 9.47. The van der Waals surface area contributed by atoms with E-state index in [1.807, 2.05) is 4.90 Å². The highest BCUT2D eigenvalue weighted by Crippen LogP contribution is 2.22. The van der Waals surface area contributed by atoms with Gasteiger partial charge in [0.05, 0.1) is 11.0 Å². The van der Waals surface area contributed by atoms with Gasteiger partial charge in [0, 0.05) is 25.3 Å². The summed E-state index contributed by atoms with van der Waals surface area (Å²) in [5.74, 6) is 0. The van der Waals surface area contributed by atoms with Crippen LogP contribution in [0.1, 0.15) is 13.3 Å². The van der Waals surface area contributed by atoms with Crippen molar-refractivity contribution in [3.05, 3.63) is 24.3 Å². The van der Waals surface area contributed by atoms with E-state index < -0.39 is 10.0 Å². The molecule has 1 fully saturated rings. The van der Waals surface area contributed by atoms with Gasteiger partial charge in [-0.2, -0.15) is 0 Å². The Morgan fingerprint density at radius 2 is 2.06 bits per heavy atom. The van der Waals surface area contributed by atoms with Crippen molar-refractivity contribution in [2.24, 2.45) is 0 Å². The Balaban J connectivity index is 2.15. The number of aliphatic hydroxyl groups excluding tert-OH is 1. The van der Waals surface area contributed by atoms with Gasteiger partial charge < -0.3 is 10.0 Å². The van der Waals surface area contributed by atoms with Crippen LogP contribution in [0, 0.1) is 0 Å². The number of sulfonamides is 1. The third kappa shape index (κ3) is 2.82. The van der Waals surface area contributed by atoms with Crippen molar-refractivity contribution < 1.29 is 13.5 Å². The van der Waals surface area contributed by atoms with Crippen LogP contribution in [0.3, 0.4) is 0 Å². The molecule has 0 aromatic heterocycles. The van der Waals surface area contributed by atoms with Crippen LogP contribution < -0.4 is 9.62 Å². The fourth-order valence-corrected chi connectivity index (χ4v) is 3.13. The SMILES string of the molecule is CCNS(=O)(=O)c1ccc(N2CC[C@@H](O)C2)cc1. The van der Waals surface area contributed by atoms with Crippen molar-refractivity contribution in [3.63, 3.8) is 0 Å². The Morgan fingerprint density at radius 3 is 2.56 bits per heavy atom. The molecule has 0 radical (unpaired) electrons. The molecule has 2 N–H and O–H groups in total. The molecule has 0 amide bonds. The van der Waals surface area contributed by atoms with Gasteiger partial charge in [0.1, 0.15) is 0 Å². The number of rotatable bonds is 4. The van der Waals surface area contributed by atoms with E-state index in [-0.39, 0.29) is 11.0 Å². The largest absolute Gasteiger partial charge is 0.391 e. The maximum Gasteiger partial charge on any atom is 0.240 e. The maximum atomic E-state index is 11.8. The fraction of sp³-hybridized carbons (Fsp3) is 0.500. The first-order valence-corrected chi connectivity index (χ1v) is 7.54. The van der Waals surface area contributed by atoms with Gasteiger partial charge in [0.2, 0.25) is 10.0 Å². The average Bonchev–Trinajstić information content (AvgIpc) is 2.76. The van der Waals surface area contributed by atoms with Gasteiger partial charge in [0.15, 0.2) is 0 Å². The van der Waals surface area contributed by atoms with E-state index in [4.69, 9.17) is 0 Å². The lowest BCUT2D eigenvalue weighted by Gasteiger charge is -2.18. The van der Waals surface area contributed by atoms with Gasteiger partial charge in [-0.1, -0.05) is 6.92 Å². The molecule has 1 aromatic carbocycles. The minimum Gasteiger partial charge on any atom is -0.391 e. The quantitative estimate of drug-likeness (QED) is 0.838. The number of nitrogens with zero attached hydrogens (tertiary/aromatic N) is 1. The van der Waals surface area contributed by atoms with Gasteiger partial charge in [0.25, 0.3) is 0 Å². The zero-order valence-corrected chi connectivity index (χ0v) is 11.2. The molecule has 1 heterocycles. The molecule has 1 aliphatic rings. The summed E-state index contributed by atoms with van der Waals surface area (Å²) in [6, 6.07) is 6.75. The minimum absolute atomic E-state index is 0.271. The van der Waals surface area contributed by atoms with Crippen LogP contribution in [0.4, 0.5) is 5.69 Å². The van der Waals surface area contributed by atoms with Crippen molar-refractivity contribution >= 4 is 15.7 Å². The van der Waals surface area contributed by atoms with Crippen LogP contribution in [0.15, 0.2) is 29.2 Å². The summed E-state index contributed by atoms with van der Waals surface area (Å²) in [5.41, 5.74) is 0.946. The highest BCUT2D eigenvalue weighted by atomic mass is 32.2. The number of anilines is 1. The van der Waals surface area contributed by atoms with Crippen molar-refractivity contribution in [2.45, 2.75) is 24.3 Å². The first kappa shape index (κ1) is 13.3. The Bertz CT molecular complexity index is 499. The van der Waals surface area contributed by atoms with Gasteiger partial charge in [-0.05, 0) is 30.7 Å². The Hall–Kier alpha value is -1.11. The second-order valence-electron chi connectivity index (χ2n) is 4.38. The molecule has 1 aromatic rings. The number of nitrogens with one attached hydrogen (secondary N) is 1. The summed E-state index contributed by atoms with van der Waals surface area (Å²) < 4.78 is 26.0. The number of benzene rings is 1. The van der Waals surface area contributed by atoms with Gasteiger partial charge in [-0.25, -0.2) is 13.1 Å². The van der Waals surface area contributed by atoms with Gasteiger partial charge in [-0.15, -0.1) is 0 Å². The molecule has 5 nitrogen and oxygen atoms in total. The highest BCUT2D eigenvalue weighted by molar-refractivity contribution is 7.89. The molecule has 0 aliphatic carbocycles. The van der Waals surface area contributed by atoms with E-state index in [0.29, 0.717) is 13.1 Å². The third-order valence-electron chi connectivity index (χ3n) is 3.01. The van der Waals surface area contributed by atoms with Crippen LogP contribution in [0.2, 0.25) is 0 Å². The molecule has 1 atom stereocenters. The fourth-order valence-electron chi connectivity index (χ4n) is 2.09. The lowest BCUT2D eigenvalue weighted by molar-refractivity contribution is 0.198. The molecule has 0 unspecified atom stereocenters. The number of aliphatic hydroxyl groups is 1. The van der Waals surface area contributed by atoms with Crippen molar-refractivity contribution in [1.29, 1.82) is 0 Å². The van der Waals surface area contributed by atoms with Crippen LogP contribution in [-0.2, 0) is 10.0 Å². The summed E-state index contributed by atoms with van der Waals surface area (Å²) in [6.45, 7) is 3.54. The standard InChI is InChI=1S/C12H18N2O3S/c1-2-13-18(16,17)12-5-3-10(4-6-12)14-8-7-11(15)9-14/h3-6,11,13,15H,2,7-9H2,1H3/t11-/m1/s1. The first-order chi connectivity index (χ1) is 8.53. The van der Waals surface area contributed by atoms with E-state index in [9.17, 15) is 13.5 Å². The smallest absolute Gasteiger partial charge is 0.240 e. The van der Waals surface area contributed by atoms with Crippen molar-refractivity contribution in [3.8, 4) is 0 Å². The zero-order valence-electron chi connectivity index (χ0n) is 10.3. The molecule has 0 saturated carbocycles. The summed E-state index contributed by atoms with van der Waals surface area (Å²) in [6.07, 6.45) is 0.479.